The number of benzene rings is 1. The Labute approximate surface area is 84.6 Å². The van der Waals surface area contributed by atoms with Gasteiger partial charge in [-0.2, -0.15) is 0 Å². The standard InChI is InChI=1S/C9H8FNO4/c1-5-3-8(11(13)14)6(4-7(5)10)9(12)15-2/h3-4H,1-2H3. The van der Waals surface area contributed by atoms with Crippen molar-refractivity contribution in [2.45, 2.75) is 6.92 Å². The molecule has 1 aromatic rings. The van der Waals surface area contributed by atoms with Gasteiger partial charge in [-0.05, 0) is 18.6 Å². The largest absolute Gasteiger partial charge is 0.465 e. The molecule has 0 spiro atoms. The minimum absolute atomic E-state index is 0.106. The van der Waals surface area contributed by atoms with Crippen LogP contribution in [-0.4, -0.2) is 18.0 Å². The first kappa shape index (κ1) is 11.1. The highest BCUT2D eigenvalue weighted by Gasteiger charge is 2.22. The summed E-state index contributed by atoms with van der Waals surface area (Å²) >= 11 is 0. The third kappa shape index (κ3) is 2.09. The van der Waals surface area contributed by atoms with Crippen LogP contribution < -0.4 is 0 Å². The van der Waals surface area contributed by atoms with Gasteiger partial charge in [0.1, 0.15) is 11.4 Å². The van der Waals surface area contributed by atoms with Gasteiger partial charge in [0.25, 0.3) is 5.69 Å². The summed E-state index contributed by atoms with van der Waals surface area (Å²) in [5, 5.41) is 10.6. The lowest BCUT2D eigenvalue weighted by Crippen LogP contribution is -2.07. The number of aryl methyl sites for hydroxylation is 1. The molecule has 0 radical (unpaired) electrons. The summed E-state index contributed by atoms with van der Waals surface area (Å²) in [5.41, 5.74) is -0.735. The average molecular weight is 213 g/mol. The van der Waals surface area contributed by atoms with Crippen LogP contribution in [0.2, 0.25) is 0 Å². The molecule has 0 atom stereocenters. The molecule has 1 aromatic carbocycles. The molecule has 0 aliphatic heterocycles. The maximum Gasteiger partial charge on any atom is 0.344 e. The molecule has 0 unspecified atom stereocenters. The zero-order valence-electron chi connectivity index (χ0n) is 8.11. The van der Waals surface area contributed by atoms with E-state index in [0.29, 0.717) is 0 Å². The molecule has 80 valence electrons. The Bertz CT molecular complexity index is 430. The van der Waals surface area contributed by atoms with Crippen LogP contribution >= 0.6 is 0 Å². The first-order valence-electron chi connectivity index (χ1n) is 4.00. The second-order valence-corrected chi connectivity index (χ2v) is 2.87. The fraction of sp³-hybridized carbons (Fsp3) is 0.222. The Morgan fingerprint density at radius 3 is 2.60 bits per heavy atom. The van der Waals surface area contributed by atoms with Crippen LogP contribution in [0.4, 0.5) is 10.1 Å². The normalized spacial score (nSPS) is 9.80. The maximum atomic E-state index is 13.1. The Morgan fingerprint density at radius 1 is 1.53 bits per heavy atom. The summed E-state index contributed by atoms with van der Waals surface area (Å²) in [5.74, 6) is -1.61. The molecule has 5 nitrogen and oxygen atoms in total. The number of carbonyl (C=O) groups is 1. The Hall–Kier alpha value is -1.98. The number of hydrogen-bond donors (Lipinski definition) is 0. The van der Waals surface area contributed by atoms with Crippen molar-refractivity contribution in [3.63, 3.8) is 0 Å². The highest BCUT2D eigenvalue weighted by Crippen LogP contribution is 2.23. The third-order valence-electron chi connectivity index (χ3n) is 1.88. The predicted octanol–water partition coefficient (Wildman–Crippen LogP) is 1.83. The lowest BCUT2D eigenvalue weighted by molar-refractivity contribution is -0.385. The fourth-order valence-corrected chi connectivity index (χ4v) is 1.09. The number of hydrogen-bond acceptors (Lipinski definition) is 4. The van der Waals surface area contributed by atoms with Gasteiger partial charge in [-0.3, -0.25) is 10.1 Å². The molecule has 1 rings (SSSR count). The molecule has 15 heavy (non-hydrogen) atoms. The Morgan fingerprint density at radius 2 is 2.13 bits per heavy atom. The number of methoxy groups -OCH3 is 1. The van der Waals surface area contributed by atoms with E-state index in [4.69, 9.17) is 0 Å². The zero-order valence-corrected chi connectivity index (χ0v) is 8.11. The van der Waals surface area contributed by atoms with Crippen LogP contribution in [-0.2, 0) is 4.74 Å². The molecule has 0 heterocycles. The average Bonchev–Trinajstić information content (AvgIpc) is 2.20. The molecule has 0 fully saturated rings. The molecule has 0 aliphatic carbocycles. The molecule has 0 N–H and O–H groups in total. The van der Waals surface area contributed by atoms with Gasteiger partial charge < -0.3 is 4.74 Å². The smallest absolute Gasteiger partial charge is 0.344 e. The minimum Gasteiger partial charge on any atom is -0.465 e. The van der Waals surface area contributed by atoms with Crippen molar-refractivity contribution >= 4 is 11.7 Å². The number of nitrogens with zero attached hydrogens (tertiary/aromatic N) is 1. The van der Waals surface area contributed by atoms with Crippen LogP contribution in [0.5, 0.6) is 0 Å². The van der Waals surface area contributed by atoms with Crippen molar-refractivity contribution in [1.29, 1.82) is 0 Å². The highest BCUT2D eigenvalue weighted by atomic mass is 19.1. The van der Waals surface area contributed by atoms with Crippen LogP contribution in [0.3, 0.4) is 0 Å². The predicted molar refractivity (Wildman–Crippen MR) is 49.1 cm³/mol. The van der Waals surface area contributed by atoms with E-state index in [1.807, 2.05) is 0 Å². The number of nitro benzene ring substituents is 1. The lowest BCUT2D eigenvalue weighted by atomic mass is 10.1. The second kappa shape index (κ2) is 4.04. The second-order valence-electron chi connectivity index (χ2n) is 2.87. The molecule has 6 heteroatoms. The fourth-order valence-electron chi connectivity index (χ4n) is 1.09. The summed E-state index contributed by atoms with van der Waals surface area (Å²) in [4.78, 5) is 20.9. The van der Waals surface area contributed by atoms with Gasteiger partial charge in [0.05, 0.1) is 12.0 Å². The van der Waals surface area contributed by atoms with Crippen molar-refractivity contribution in [1.82, 2.24) is 0 Å². The number of carbonyl (C=O) groups excluding carboxylic acids is 1. The summed E-state index contributed by atoms with van der Waals surface area (Å²) in [6, 6.07) is 1.81. The number of rotatable bonds is 2. The molecular weight excluding hydrogens is 205 g/mol. The Kier molecular flexibility index (Phi) is 2.99. The molecule has 0 aromatic heterocycles. The molecule has 0 saturated carbocycles. The summed E-state index contributed by atoms with van der Waals surface area (Å²) < 4.78 is 17.4. The van der Waals surface area contributed by atoms with Gasteiger partial charge in [0.2, 0.25) is 0 Å². The number of nitro groups is 1. The van der Waals surface area contributed by atoms with E-state index in [1.165, 1.54) is 6.92 Å². The first-order valence-corrected chi connectivity index (χ1v) is 4.00. The first-order chi connectivity index (χ1) is 6.97. The molecule has 0 bridgehead atoms. The number of ether oxygens (including phenoxy) is 1. The van der Waals surface area contributed by atoms with Gasteiger partial charge in [-0.25, -0.2) is 9.18 Å². The van der Waals surface area contributed by atoms with Gasteiger partial charge in [0, 0.05) is 6.07 Å². The van der Waals surface area contributed by atoms with Gasteiger partial charge >= 0.3 is 5.97 Å². The van der Waals surface area contributed by atoms with Gasteiger partial charge in [0.15, 0.2) is 0 Å². The van der Waals surface area contributed by atoms with E-state index in [-0.39, 0.29) is 11.1 Å². The monoisotopic (exact) mass is 213 g/mol. The quantitative estimate of drug-likeness (QED) is 0.427. The maximum absolute atomic E-state index is 13.1. The van der Waals surface area contributed by atoms with E-state index in [9.17, 15) is 19.3 Å². The SMILES string of the molecule is COC(=O)c1cc(F)c(C)cc1[N+](=O)[O-]. The number of halogens is 1. The molecule has 0 aliphatic rings. The minimum atomic E-state index is -0.930. The van der Waals surface area contributed by atoms with E-state index < -0.39 is 22.4 Å². The summed E-state index contributed by atoms with van der Waals surface area (Å²) in [6.45, 7) is 1.38. The molecular formula is C9H8FNO4. The molecule has 0 amide bonds. The van der Waals surface area contributed by atoms with Gasteiger partial charge in [-0.15, -0.1) is 0 Å². The van der Waals surface area contributed by atoms with E-state index in [0.717, 1.165) is 19.2 Å². The van der Waals surface area contributed by atoms with Crippen molar-refractivity contribution in [3.8, 4) is 0 Å². The van der Waals surface area contributed by atoms with Crippen molar-refractivity contribution in [3.05, 3.63) is 39.2 Å². The highest BCUT2D eigenvalue weighted by molar-refractivity contribution is 5.93. The van der Waals surface area contributed by atoms with Crippen LogP contribution in [0.1, 0.15) is 15.9 Å². The van der Waals surface area contributed by atoms with Crippen molar-refractivity contribution < 1.29 is 18.8 Å². The number of esters is 1. The lowest BCUT2D eigenvalue weighted by Gasteiger charge is -2.02. The van der Waals surface area contributed by atoms with E-state index in [1.54, 1.807) is 0 Å². The van der Waals surface area contributed by atoms with Crippen LogP contribution in [0, 0.1) is 22.9 Å². The van der Waals surface area contributed by atoms with Crippen LogP contribution in [0.25, 0.3) is 0 Å². The zero-order chi connectivity index (χ0) is 11.6. The Balaban J connectivity index is 3.41. The summed E-state index contributed by atoms with van der Waals surface area (Å²) in [6.07, 6.45) is 0. The topological polar surface area (TPSA) is 69.4 Å². The van der Waals surface area contributed by atoms with Crippen LogP contribution in [0.15, 0.2) is 12.1 Å². The summed E-state index contributed by atoms with van der Waals surface area (Å²) in [7, 11) is 1.07. The van der Waals surface area contributed by atoms with Gasteiger partial charge in [-0.1, -0.05) is 0 Å². The van der Waals surface area contributed by atoms with E-state index >= 15 is 0 Å². The van der Waals surface area contributed by atoms with Crippen molar-refractivity contribution in [2.75, 3.05) is 7.11 Å². The van der Waals surface area contributed by atoms with Crippen molar-refractivity contribution in [2.24, 2.45) is 0 Å². The molecule has 0 saturated heterocycles. The third-order valence-corrected chi connectivity index (χ3v) is 1.88. The van der Waals surface area contributed by atoms with E-state index in [2.05, 4.69) is 4.74 Å².